The number of thiazole rings is 1. The Morgan fingerprint density at radius 1 is 1.09 bits per heavy atom. The summed E-state index contributed by atoms with van der Waals surface area (Å²) in [6, 6.07) is 6.73. The summed E-state index contributed by atoms with van der Waals surface area (Å²) in [6.07, 6.45) is 1.19. The lowest BCUT2D eigenvalue weighted by atomic mass is 9.98. The quantitative estimate of drug-likeness (QED) is 0.677. The molecule has 1 aliphatic rings. The lowest BCUT2D eigenvalue weighted by Gasteiger charge is -2.32. The third kappa shape index (κ3) is 5.97. The molecule has 2 aromatic rings. The Morgan fingerprint density at radius 2 is 1.75 bits per heavy atom. The second-order valence-electron chi connectivity index (χ2n) is 8.42. The molecule has 172 valence electrons. The van der Waals surface area contributed by atoms with Crippen molar-refractivity contribution in [3.05, 3.63) is 45.9 Å². The fourth-order valence-corrected chi connectivity index (χ4v) is 4.26. The Hall–Kier alpha value is -3.14. The van der Waals surface area contributed by atoms with Crippen LogP contribution in [0.5, 0.6) is 5.75 Å². The molecule has 10 heteroatoms. The van der Waals surface area contributed by atoms with Crippen LogP contribution in [0.1, 0.15) is 65.4 Å². The van der Waals surface area contributed by atoms with E-state index < -0.39 is 17.4 Å². The molecular formula is C22H28N4O5S. The summed E-state index contributed by atoms with van der Waals surface area (Å²) in [5, 5.41) is 2.51. The maximum absolute atomic E-state index is 12.4. The zero-order valence-corrected chi connectivity index (χ0v) is 19.5. The first-order valence-corrected chi connectivity index (χ1v) is 11.2. The van der Waals surface area contributed by atoms with Gasteiger partial charge in [-0.25, -0.2) is 9.78 Å². The normalized spacial score (nSPS) is 14.6. The molecule has 1 fully saturated rings. The zero-order chi connectivity index (χ0) is 23.3. The third-order valence-electron chi connectivity index (χ3n) is 4.89. The average molecular weight is 461 g/mol. The molecule has 1 aromatic heterocycles. The van der Waals surface area contributed by atoms with Crippen molar-refractivity contribution in [2.45, 2.75) is 45.1 Å². The molecule has 3 rings (SSSR count). The van der Waals surface area contributed by atoms with Gasteiger partial charge in [-0.1, -0.05) is 12.1 Å². The van der Waals surface area contributed by atoms with Crippen LogP contribution >= 0.6 is 11.3 Å². The molecule has 0 spiro atoms. The van der Waals surface area contributed by atoms with E-state index in [9.17, 15) is 14.4 Å². The van der Waals surface area contributed by atoms with Gasteiger partial charge in [-0.05, 0) is 45.7 Å². The van der Waals surface area contributed by atoms with Gasteiger partial charge in [0, 0.05) is 24.4 Å². The van der Waals surface area contributed by atoms with E-state index in [0.29, 0.717) is 24.4 Å². The minimum absolute atomic E-state index is 0.170. The second-order valence-corrected chi connectivity index (χ2v) is 9.31. The van der Waals surface area contributed by atoms with E-state index in [1.54, 1.807) is 34.5 Å². The topological polar surface area (TPSA) is 110 Å². The van der Waals surface area contributed by atoms with E-state index in [-0.39, 0.29) is 17.7 Å². The maximum Gasteiger partial charge on any atom is 0.410 e. The van der Waals surface area contributed by atoms with E-state index in [4.69, 9.17) is 9.47 Å². The summed E-state index contributed by atoms with van der Waals surface area (Å²) in [6.45, 7) is 6.70. The summed E-state index contributed by atoms with van der Waals surface area (Å²) >= 11 is 1.40. The molecule has 2 heterocycles. The number of aromatic nitrogens is 1. The summed E-state index contributed by atoms with van der Waals surface area (Å²) in [7, 11) is 1.47. The number of piperidine rings is 1. The van der Waals surface area contributed by atoms with Crippen LogP contribution in [-0.4, -0.2) is 53.6 Å². The number of para-hydroxylation sites is 1. The van der Waals surface area contributed by atoms with Gasteiger partial charge in [-0.15, -0.1) is 11.3 Å². The van der Waals surface area contributed by atoms with Crippen LogP contribution in [0.15, 0.2) is 29.6 Å². The predicted molar refractivity (Wildman–Crippen MR) is 120 cm³/mol. The highest BCUT2D eigenvalue weighted by molar-refractivity contribution is 7.09. The first-order chi connectivity index (χ1) is 15.2. The molecule has 1 aromatic carbocycles. The maximum atomic E-state index is 12.4. The van der Waals surface area contributed by atoms with Gasteiger partial charge in [0.15, 0.2) is 0 Å². The van der Waals surface area contributed by atoms with Crippen LogP contribution < -0.4 is 15.6 Å². The molecule has 3 amide bonds. The van der Waals surface area contributed by atoms with Crippen molar-refractivity contribution in [1.29, 1.82) is 0 Å². The minimum atomic E-state index is -0.521. The molecule has 9 nitrogen and oxygen atoms in total. The number of carbonyl (C=O) groups excluding carboxylic acids is 3. The molecule has 1 saturated heterocycles. The third-order valence-corrected chi connectivity index (χ3v) is 5.90. The molecule has 0 radical (unpaired) electrons. The zero-order valence-electron chi connectivity index (χ0n) is 18.6. The standard InChI is InChI=1S/C22H28N4O5S/c1-22(2,3)31-21(29)26-11-9-14(10-12-26)20-23-16(13-32-20)19(28)25-24-18(27)15-7-5-6-8-17(15)30-4/h5-8,13-14H,9-12H2,1-4H3,(H,24,27)(H,25,28). The van der Waals surface area contributed by atoms with Crippen molar-refractivity contribution in [2.75, 3.05) is 20.2 Å². The first-order valence-electron chi connectivity index (χ1n) is 10.3. The Morgan fingerprint density at radius 3 is 2.41 bits per heavy atom. The second kappa shape index (κ2) is 9.99. The van der Waals surface area contributed by atoms with E-state index in [2.05, 4.69) is 15.8 Å². The Bertz CT molecular complexity index is 977. The Balaban J connectivity index is 1.52. The first kappa shape index (κ1) is 23.5. The summed E-state index contributed by atoms with van der Waals surface area (Å²) in [5.74, 6) is -0.404. The van der Waals surface area contributed by atoms with Gasteiger partial charge in [0.25, 0.3) is 11.8 Å². The van der Waals surface area contributed by atoms with Crippen molar-refractivity contribution < 1.29 is 23.9 Å². The van der Waals surface area contributed by atoms with Gasteiger partial charge in [0.05, 0.1) is 17.7 Å². The Labute approximate surface area is 191 Å². The lowest BCUT2D eigenvalue weighted by molar-refractivity contribution is 0.0204. The predicted octanol–water partition coefficient (Wildman–Crippen LogP) is 3.34. The van der Waals surface area contributed by atoms with Crippen molar-refractivity contribution in [2.24, 2.45) is 0 Å². The number of hydrogen-bond acceptors (Lipinski definition) is 7. The molecule has 1 aliphatic heterocycles. The summed E-state index contributed by atoms with van der Waals surface area (Å²) in [4.78, 5) is 43.1. The van der Waals surface area contributed by atoms with Crippen molar-refractivity contribution in [3.8, 4) is 5.75 Å². The fourth-order valence-electron chi connectivity index (χ4n) is 3.29. The van der Waals surface area contributed by atoms with Crippen LogP contribution in [-0.2, 0) is 4.74 Å². The molecule has 0 atom stereocenters. The van der Waals surface area contributed by atoms with E-state index >= 15 is 0 Å². The van der Waals surface area contributed by atoms with Crippen LogP contribution in [0.2, 0.25) is 0 Å². The number of rotatable bonds is 4. The molecule has 32 heavy (non-hydrogen) atoms. The van der Waals surface area contributed by atoms with Crippen LogP contribution in [0.4, 0.5) is 4.79 Å². The monoisotopic (exact) mass is 460 g/mol. The van der Waals surface area contributed by atoms with E-state index in [0.717, 1.165) is 17.8 Å². The van der Waals surface area contributed by atoms with Crippen molar-refractivity contribution in [1.82, 2.24) is 20.7 Å². The van der Waals surface area contributed by atoms with Gasteiger partial charge in [-0.3, -0.25) is 20.4 Å². The number of hydrogen-bond donors (Lipinski definition) is 2. The average Bonchev–Trinajstić information content (AvgIpc) is 3.26. The number of nitrogens with one attached hydrogen (secondary N) is 2. The molecule has 0 unspecified atom stereocenters. The lowest BCUT2D eigenvalue weighted by Crippen LogP contribution is -2.42. The molecular weight excluding hydrogens is 432 g/mol. The Kier molecular flexibility index (Phi) is 7.34. The van der Waals surface area contributed by atoms with Crippen molar-refractivity contribution in [3.63, 3.8) is 0 Å². The molecule has 0 saturated carbocycles. The summed E-state index contributed by atoms with van der Waals surface area (Å²) < 4.78 is 10.6. The van der Waals surface area contributed by atoms with E-state index in [1.807, 2.05) is 20.8 Å². The number of ether oxygens (including phenoxy) is 2. The molecule has 0 aliphatic carbocycles. The summed E-state index contributed by atoms with van der Waals surface area (Å²) in [5.41, 5.74) is 4.80. The highest BCUT2D eigenvalue weighted by Gasteiger charge is 2.29. The molecule has 0 bridgehead atoms. The number of benzene rings is 1. The highest BCUT2D eigenvalue weighted by Crippen LogP contribution is 2.31. The molecule has 2 N–H and O–H groups in total. The van der Waals surface area contributed by atoms with Crippen LogP contribution in [0.25, 0.3) is 0 Å². The fraction of sp³-hybridized carbons (Fsp3) is 0.455. The van der Waals surface area contributed by atoms with Gasteiger partial charge in [0.1, 0.15) is 17.0 Å². The van der Waals surface area contributed by atoms with Crippen LogP contribution in [0.3, 0.4) is 0 Å². The van der Waals surface area contributed by atoms with Gasteiger partial charge >= 0.3 is 6.09 Å². The van der Waals surface area contributed by atoms with Gasteiger partial charge < -0.3 is 14.4 Å². The van der Waals surface area contributed by atoms with E-state index in [1.165, 1.54) is 18.4 Å². The number of likely N-dealkylation sites (tertiary alicyclic amines) is 1. The highest BCUT2D eigenvalue weighted by atomic mass is 32.1. The number of methoxy groups -OCH3 is 1. The smallest absolute Gasteiger partial charge is 0.410 e. The number of amides is 3. The minimum Gasteiger partial charge on any atom is -0.496 e. The number of nitrogens with zero attached hydrogens (tertiary/aromatic N) is 2. The van der Waals surface area contributed by atoms with Crippen LogP contribution in [0, 0.1) is 0 Å². The van der Waals surface area contributed by atoms with Gasteiger partial charge in [-0.2, -0.15) is 0 Å². The largest absolute Gasteiger partial charge is 0.496 e. The van der Waals surface area contributed by atoms with Crippen molar-refractivity contribution >= 4 is 29.2 Å². The number of carbonyl (C=O) groups is 3. The number of hydrazine groups is 1. The SMILES string of the molecule is COc1ccccc1C(=O)NNC(=O)c1csc(C2CCN(C(=O)OC(C)(C)C)CC2)n1. The van der Waals surface area contributed by atoms with Gasteiger partial charge in [0.2, 0.25) is 0 Å².